The Hall–Kier alpha value is -2.70. The minimum absolute atomic E-state index is 0.0646. The Labute approximate surface area is 179 Å². The molecule has 0 fully saturated rings. The second-order valence-corrected chi connectivity index (χ2v) is 6.87. The molecule has 0 aromatic heterocycles. The highest BCUT2D eigenvalue weighted by Gasteiger charge is 2.16. The first-order chi connectivity index (χ1) is 13.8. The second kappa shape index (κ2) is 10.7. The third-order valence-corrected chi connectivity index (χ3v) is 4.33. The van der Waals surface area contributed by atoms with Crippen molar-refractivity contribution >= 4 is 35.3 Å². The van der Waals surface area contributed by atoms with E-state index in [2.05, 4.69) is 17.1 Å². The number of allylic oxidation sites excluding steroid dienone is 1. The van der Waals surface area contributed by atoms with E-state index in [4.69, 9.17) is 32.7 Å². The number of nitrogens with one attached hydrogen (secondary N) is 1. The number of hydrogen-bond acceptors (Lipinski definition) is 5. The molecule has 0 spiro atoms. The number of phenols is 1. The summed E-state index contributed by atoms with van der Waals surface area (Å²) in [5.41, 5.74) is 3.71. The van der Waals surface area contributed by atoms with Crippen molar-refractivity contribution in [3.63, 3.8) is 0 Å². The normalized spacial score (nSPS) is 11.9. The number of halogens is 2. The molecule has 2 aromatic rings. The quantitative estimate of drug-likeness (QED) is 0.337. The molecule has 8 heteroatoms. The van der Waals surface area contributed by atoms with Gasteiger partial charge in [-0.1, -0.05) is 29.3 Å². The minimum atomic E-state index is -0.832. The van der Waals surface area contributed by atoms with Crippen LogP contribution in [0.2, 0.25) is 10.0 Å². The lowest BCUT2D eigenvalue weighted by Crippen LogP contribution is -2.33. The van der Waals surface area contributed by atoms with E-state index in [1.54, 1.807) is 37.3 Å². The van der Waals surface area contributed by atoms with Crippen LogP contribution in [-0.4, -0.2) is 29.9 Å². The van der Waals surface area contributed by atoms with Crippen LogP contribution in [0.1, 0.15) is 25.0 Å². The molecule has 0 radical (unpaired) electrons. The second-order valence-electron chi connectivity index (χ2n) is 6.02. The van der Waals surface area contributed by atoms with Gasteiger partial charge in [-0.25, -0.2) is 5.43 Å². The van der Waals surface area contributed by atoms with Crippen LogP contribution in [0.25, 0.3) is 0 Å². The zero-order chi connectivity index (χ0) is 21.4. The van der Waals surface area contributed by atoms with Gasteiger partial charge < -0.3 is 14.6 Å². The SMILES string of the molecule is C=CCc1cc(/C=N\NC(=O)[C@H](C)Oc2ccc(Cl)cc2Cl)cc(OCC)c1O. The Morgan fingerprint density at radius 1 is 1.31 bits per heavy atom. The third-order valence-electron chi connectivity index (χ3n) is 3.80. The van der Waals surface area contributed by atoms with Crippen LogP contribution in [-0.2, 0) is 11.2 Å². The molecular formula is C21H22Cl2N2O4. The van der Waals surface area contributed by atoms with Crippen LogP contribution in [0.3, 0.4) is 0 Å². The molecular weight excluding hydrogens is 415 g/mol. The van der Waals surface area contributed by atoms with Gasteiger partial charge in [0.1, 0.15) is 5.75 Å². The fourth-order valence-electron chi connectivity index (χ4n) is 2.42. The maximum Gasteiger partial charge on any atom is 0.280 e. The monoisotopic (exact) mass is 436 g/mol. The molecule has 0 aliphatic carbocycles. The van der Waals surface area contributed by atoms with Crippen LogP contribution in [0, 0.1) is 0 Å². The Kier molecular flexibility index (Phi) is 8.36. The van der Waals surface area contributed by atoms with Crippen molar-refractivity contribution in [3.05, 3.63) is 64.2 Å². The van der Waals surface area contributed by atoms with Crippen LogP contribution in [0.15, 0.2) is 48.1 Å². The number of carbonyl (C=O) groups excluding carboxylic acids is 1. The number of hydrazone groups is 1. The van der Waals surface area contributed by atoms with Gasteiger partial charge in [-0.05, 0) is 56.2 Å². The number of hydrogen-bond donors (Lipinski definition) is 2. The van der Waals surface area contributed by atoms with Crippen molar-refractivity contribution in [1.29, 1.82) is 0 Å². The maximum atomic E-state index is 12.2. The highest BCUT2D eigenvalue weighted by atomic mass is 35.5. The van der Waals surface area contributed by atoms with E-state index < -0.39 is 12.0 Å². The van der Waals surface area contributed by atoms with Crippen molar-refractivity contribution in [2.24, 2.45) is 5.10 Å². The zero-order valence-corrected chi connectivity index (χ0v) is 17.6. The number of amides is 1. The predicted octanol–water partition coefficient (Wildman–Crippen LogP) is 4.74. The molecule has 0 unspecified atom stereocenters. The van der Waals surface area contributed by atoms with E-state index in [-0.39, 0.29) is 5.75 Å². The summed E-state index contributed by atoms with van der Waals surface area (Å²) < 4.78 is 11.0. The summed E-state index contributed by atoms with van der Waals surface area (Å²) in [6.07, 6.45) is 2.76. The van der Waals surface area contributed by atoms with Crippen molar-refractivity contribution in [1.82, 2.24) is 5.43 Å². The van der Waals surface area contributed by atoms with E-state index in [1.165, 1.54) is 12.3 Å². The van der Waals surface area contributed by atoms with Gasteiger partial charge in [-0.15, -0.1) is 6.58 Å². The maximum absolute atomic E-state index is 12.2. The number of phenolic OH excluding ortho intramolecular Hbond substituents is 1. The first-order valence-corrected chi connectivity index (χ1v) is 9.65. The summed E-state index contributed by atoms with van der Waals surface area (Å²) in [4.78, 5) is 12.2. The summed E-state index contributed by atoms with van der Waals surface area (Å²) in [7, 11) is 0. The highest BCUT2D eigenvalue weighted by molar-refractivity contribution is 6.35. The zero-order valence-electron chi connectivity index (χ0n) is 16.1. The van der Waals surface area contributed by atoms with Crippen molar-refractivity contribution in [3.8, 4) is 17.2 Å². The summed E-state index contributed by atoms with van der Waals surface area (Å²) in [5, 5.41) is 15.0. The van der Waals surface area contributed by atoms with Gasteiger partial charge in [0.25, 0.3) is 5.91 Å². The Morgan fingerprint density at radius 2 is 2.07 bits per heavy atom. The number of benzene rings is 2. The molecule has 6 nitrogen and oxygen atoms in total. The Bertz CT molecular complexity index is 916. The first-order valence-electron chi connectivity index (χ1n) is 8.89. The Balaban J connectivity index is 2.05. The number of carbonyl (C=O) groups is 1. The molecule has 0 aliphatic heterocycles. The number of rotatable bonds is 9. The largest absolute Gasteiger partial charge is 0.504 e. The van der Waals surface area contributed by atoms with E-state index >= 15 is 0 Å². The lowest BCUT2D eigenvalue weighted by atomic mass is 10.1. The standard InChI is InChI=1S/C21H22Cl2N2O4/c1-4-6-15-9-14(10-19(20(15)26)28-5-2)12-24-25-21(27)13(3)29-18-8-7-16(22)11-17(18)23/h4,7-13,26H,1,5-6H2,2-3H3,(H,25,27)/b24-12-/t13-/m0/s1. The van der Waals surface area contributed by atoms with Crippen LogP contribution in [0.4, 0.5) is 0 Å². The summed E-state index contributed by atoms with van der Waals surface area (Å²) in [6.45, 7) is 7.48. The average Bonchev–Trinajstić information content (AvgIpc) is 2.67. The molecule has 0 bridgehead atoms. The molecule has 2 aromatic carbocycles. The van der Waals surface area contributed by atoms with E-state index in [9.17, 15) is 9.90 Å². The van der Waals surface area contributed by atoms with Crippen LogP contribution >= 0.6 is 23.2 Å². The molecule has 1 atom stereocenters. The molecule has 154 valence electrons. The van der Waals surface area contributed by atoms with Gasteiger partial charge in [0.2, 0.25) is 0 Å². The predicted molar refractivity (Wildman–Crippen MR) is 115 cm³/mol. The van der Waals surface area contributed by atoms with Gasteiger partial charge in [-0.3, -0.25) is 4.79 Å². The molecule has 0 saturated carbocycles. The minimum Gasteiger partial charge on any atom is -0.504 e. The molecule has 2 N–H and O–H groups in total. The lowest BCUT2D eigenvalue weighted by Gasteiger charge is -2.14. The summed E-state index contributed by atoms with van der Waals surface area (Å²) >= 11 is 11.9. The van der Waals surface area contributed by atoms with Gasteiger partial charge in [-0.2, -0.15) is 5.10 Å². The summed E-state index contributed by atoms with van der Waals surface area (Å²) in [5.74, 6) is 0.294. The molecule has 0 aliphatic rings. The van der Waals surface area contributed by atoms with Gasteiger partial charge in [0.15, 0.2) is 17.6 Å². The molecule has 2 rings (SSSR count). The summed E-state index contributed by atoms with van der Waals surface area (Å²) in [6, 6.07) is 8.11. The molecule has 1 amide bonds. The highest BCUT2D eigenvalue weighted by Crippen LogP contribution is 2.32. The van der Waals surface area contributed by atoms with E-state index in [1.807, 2.05) is 6.92 Å². The lowest BCUT2D eigenvalue weighted by molar-refractivity contribution is -0.127. The Morgan fingerprint density at radius 3 is 2.72 bits per heavy atom. The van der Waals surface area contributed by atoms with Gasteiger partial charge >= 0.3 is 0 Å². The topological polar surface area (TPSA) is 80.2 Å². The van der Waals surface area contributed by atoms with Crippen LogP contribution < -0.4 is 14.9 Å². The molecule has 29 heavy (non-hydrogen) atoms. The van der Waals surface area contributed by atoms with Crippen molar-refractivity contribution < 1.29 is 19.4 Å². The van der Waals surface area contributed by atoms with Crippen molar-refractivity contribution in [2.45, 2.75) is 26.4 Å². The fraction of sp³-hybridized carbons (Fsp3) is 0.238. The average molecular weight is 437 g/mol. The van der Waals surface area contributed by atoms with E-state index in [0.29, 0.717) is 45.7 Å². The van der Waals surface area contributed by atoms with Gasteiger partial charge in [0.05, 0.1) is 17.8 Å². The number of nitrogens with zero attached hydrogens (tertiary/aromatic N) is 1. The van der Waals surface area contributed by atoms with Crippen LogP contribution in [0.5, 0.6) is 17.2 Å². The number of aromatic hydroxyl groups is 1. The molecule has 0 heterocycles. The fourth-order valence-corrected chi connectivity index (χ4v) is 2.87. The van der Waals surface area contributed by atoms with E-state index in [0.717, 1.165) is 0 Å². The van der Waals surface area contributed by atoms with Gasteiger partial charge in [0, 0.05) is 10.6 Å². The smallest absolute Gasteiger partial charge is 0.280 e. The number of ether oxygens (including phenoxy) is 2. The molecule has 0 saturated heterocycles. The third kappa shape index (κ3) is 6.41. The first kappa shape index (κ1) is 22.6. The van der Waals surface area contributed by atoms with Crippen molar-refractivity contribution in [2.75, 3.05) is 6.61 Å².